The van der Waals surface area contributed by atoms with Crippen LogP contribution >= 0.6 is 0 Å². The van der Waals surface area contributed by atoms with Gasteiger partial charge >= 0.3 is 0 Å². The number of hydrogen-bond acceptors (Lipinski definition) is 3. The van der Waals surface area contributed by atoms with Crippen molar-refractivity contribution in [1.29, 1.82) is 0 Å². The summed E-state index contributed by atoms with van der Waals surface area (Å²) in [6.45, 7) is 6.10. The van der Waals surface area contributed by atoms with E-state index in [0.29, 0.717) is 5.82 Å². The molecule has 102 valence electrons. The number of rotatable bonds is 2. The predicted octanol–water partition coefficient (Wildman–Crippen LogP) is 3.84. The lowest BCUT2D eigenvalue weighted by molar-refractivity contribution is 0.546. The van der Waals surface area contributed by atoms with Crippen molar-refractivity contribution in [2.75, 3.05) is 5.73 Å². The molecule has 2 aromatic heterocycles. The highest BCUT2D eigenvalue weighted by Gasteiger charge is 2.17. The molecule has 0 unspecified atom stereocenters. The Balaban J connectivity index is 2.18. The second kappa shape index (κ2) is 4.56. The number of nitrogen functional groups attached to an aromatic ring is 1. The summed E-state index contributed by atoms with van der Waals surface area (Å²) in [7, 11) is 0. The number of aryl methyl sites for hydroxylation is 3. The molecule has 3 N–H and O–H groups in total. The van der Waals surface area contributed by atoms with Gasteiger partial charge in [0.15, 0.2) is 11.6 Å². The molecule has 0 saturated heterocycles. The van der Waals surface area contributed by atoms with Crippen molar-refractivity contribution in [1.82, 2.24) is 10.2 Å². The molecule has 0 fully saturated rings. The second-order valence-corrected chi connectivity index (χ2v) is 5.07. The van der Waals surface area contributed by atoms with Crippen LogP contribution in [0.1, 0.15) is 16.9 Å². The maximum atomic E-state index is 6.02. The average molecular weight is 267 g/mol. The number of nitrogens with two attached hydrogens (primary N) is 1. The fraction of sp³-hybridized carbons (Fsp3) is 0.188. The number of benzene rings is 1. The Morgan fingerprint density at radius 3 is 2.50 bits per heavy atom. The van der Waals surface area contributed by atoms with Crippen LogP contribution in [-0.4, -0.2) is 10.2 Å². The quantitative estimate of drug-likeness (QED) is 0.741. The van der Waals surface area contributed by atoms with Crippen LogP contribution in [0.3, 0.4) is 0 Å². The molecule has 0 aliphatic carbocycles. The van der Waals surface area contributed by atoms with Crippen LogP contribution in [0.5, 0.6) is 0 Å². The lowest BCUT2D eigenvalue weighted by atomic mass is 9.99. The highest BCUT2D eigenvalue weighted by Crippen LogP contribution is 2.36. The molecule has 0 saturated carbocycles. The van der Waals surface area contributed by atoms with Gasteiger partial charge in [-0.15, -0.1) is 0 Å². The Hall–Kier alpha value is -2.49. The fourth-order valence-corrected chi connectivity index (χ4v) is 2.29. The molecule has 0 aliphatic rings. The van der Waals surface area contributed by atoms with Crippen LogP contribution in [0.2, 0.25) is 0 Å². The minimum absolute atomic E-state index is 0.484. The topological polar surface area (TPSA) is 67.8 Å². The Bertz CT molecular complexity index is 768. The smallest absolute Gasteiger partial charge is 0.153 e. The maximum absolute atomic E-state index is 6.02. The van der Waals surface area contributed by atoms with E-state index in [9.17, 15) is 0 Å². The molecule has 1 aromatic carbocycles. The molecule has 0 spiro atoms. The molecule has 0 aliphatic heterocycles. The van der Waals surface area contributed by atoms with Crippen LogP contribution in [-0.2, 0) is 0 Å². The number of furan rings is 1. The molecule has 20 heavy (non-hydrogen) atoms. The van der Waals surface area contributed by atoms with E-state index in [1.54, 1.807) is 0 Å². The number of aromatic amines is 1. The van der Waals surface area contributed by atoms with Gasteiger partial charge in [0.25, 0.3) is 0 Å². The van der Waals surface area contributed by atoms with Crippen LogP contribution in [0.25, 0.3) is 22.6 Å². The van der Waals surface area contributed by atoms with Gasteiger partial charge in [0.05, 0.1) is 5.56 Å². The van der Waals surface area contributed by atoms with Crippen molar-refractivity contribution in [3.05, 3.63) is 47.2 Å². The molecule has 3 aromatic rings. The van der Waals surface area contributed by atoms with Crippen molar-refractivity contribution >= 4 is 5.82 Å². The van der Waals surface area contributed by atoms with Crippen molar-refractivity contribution in [2.24, 2.45) is 0 Å². The third-order valence-corrected chi connectivity index (χ3v) is 3.58. The normalized spacial score (nSPS) is 10.9. The first-order valence-corrected chi connectivity index (χ1v) is 6.54. The molecule has 0 radical (unpaired) electrons. The number of hydrogen-bond donors (Lipinski definition) is 2. The SMILES string of the molecule is Cc1ccc(-c2[nH]nc(N)c2-c2ccc(C)c(C)c2)o1. The van der Waals surface area contributed by atoms with Gasteiger partial charge in [0, 0.05) is 0 Å². The summed E-state index contributed by atoms with van der Waals surface area (Å²) in [6, 6.07) is 10.1. The summed E-state index contributed by atoms with van der Waals surface area (Å²) in [4.78, 5) is 0. The summed E-state index contributed by atoms with van der Waals surface area (Å²) < 4.78 is 5.67. The van der Waals surface area contributed by atoms with Crippen molar-refractivity contribution in [2.45, 2.75) is 20.8 Å². The number of H-pyrrole nitrogens is 1. The van der Waals surface area contributed by atoms with E-state index in [1.807, 2.05) is 19.1 Å². The first-order chi connectivity index (χ1) is 9.56. The van der Waals surface area contributed by atoms with Gasteiger partial charge in [0.1, 0.15) is 11.5 Å². The van der Waals surface area contributed by atoms with Crippen LogP contribution in [0.4, 0.5) is 5.82 Å². The summed E-state index contributed by atoms with van der Waals surface area (Å²) in [5, 5.41) is 7.09. The fourth-order valence-electron chi connectivity index (χ4n) is 2.29. The highest BCUT2D eigenvalue weighted by molar-refractivity contribution is 5.86. The predicted molar refractivity (Wildman–Crippen MR) is 80.3 cm³/mol. The summed E-state index contributed by atoms with van der Waals surface area (Å²) in [6.07, 6.45) is 0. The second-order valence-electron chi connectivity index (χ2n) is 5.07. The van der Waals surface area contributed by atoms with E-state index >= 15 is 0 Å². The Labute approximate surface area is 117 Å². The van der Waals surface area contributed by atoms with E-state index in [4.69, 9.17) is 10.2 Å². The van der Waals surface area contributed by atoms with Gasteiger partial charge in [0.2, 0.25) is 0 Å². The molecule has 3 rings (SSSR count). The number of nitrogens with one attached hydrogen (secondary N) is 1. The Morgan fingerprint density at radius 1 is 1.05 bits per heavy atom. The summed E-state index contributed by atoms with van der Waals surface area (Å²) >= 11 is 0. The zero-order valence-electron chi connectivity index (χ0n) is 11.8. The molecule has 0 amide bonds. The van der Waals surface area contributed by atoms with Gasteiger partial charge < -0.3 is 10.2 Å². The lowest BCUT2D eigenvalue weighted by Crippen LogP contribution is -1.90. The standard InChI is InChI=1S/C16H17N3O/c1-9-4-6-12(8-10(9)2)14-15(18-19-16(14)17)13-7-5-11(3)20-13/h4-8H,1-3H3,(H3,17,18,19). The average Bonchev–Trinajstić information content (AvgIpc) is 2.99. The van der Waals surface area contributed by atoms with E-state index in [-0.39, 0.29) is 0 Å². The number of nitrogens with zero attached hydrogens (tertiary/aromatic N) is 1. The van der Waals surface area contributed by atoms with Gasteiger partial charge in [-0.25, -0.2) is 0 Å². The Morgan fingerprint density at radius 2 is 1.85 bits per heavy atom. The highest BCUT2D eigenvalue weighted by atomic mass is 16.3. The van der Waals surface area contributed by atoms with Crippen molar-refractivity contribution < 1.29 is 4.42 Å². The van der Waals surface area contributed by atoms with Crippen molar-refractivity contribution in [3.8, 4) is 22.6 Å². The molecule has 4 heteroatoms. The Kier molecular flexibility index (Phi) is 2.86. The molecule has 4 nitrogen and oxygen atoms in total. The third-order valence-electron chi connectivity index (χ3n) is 3.58. The van der Waals surface area contributed by atoms with Gasteiger partial charge in [-0.05, 0) is 49.6 Å². The summed E-state index contributed by atoms with van der Waals surface area (Å²) in [5.41, 5.74) is 11.3. The summed E-state index contributed by atoms with van der Waals surface area (Å²) in [5.74, 6) is 2.09. The molecule has 2 heterocycles. The van der Waals surface area contributed by atoms with E-state index in [1.165, 1.54) is 11.1 Å². The van der Waals surface area contributed by atoms with Crippen LogP contribution in [0.15, 0.2) is 34.7 Å². The zero-order chi connectivity index (χ0) is 14.3. The van der Waals surface area contributed by atoms with Crippen LogP contribution < -0.4 is 5.73 Å². The van der Waals surface area contributed by atoms with Crippen LogP contribution in [0, 0.1) is 20.8 Å². The van der Waals surface area contributed by atoms with E-state index < -0.39 is 0 Å². The first-order valence-electron chi connectivity index (χ1n) is 6.54. The maximum Gasteiger partial charge on any atom is 0.153 e. The number of anilines is 1. The van der Waals surface area contributed by atoms with Gasteiger partial charge in [-0.2, -0.15) is 5.10 Å². The largest absolute Gasteiger partial charge is 0.460 e. The van der Waals surface area contributed by atoms with Gasteiger partial charge in [-0.1, -0.05) is 18.2 Å². The monoisotopic (exact) mass is 267 g/mol. The van der Waals surface area contributed by atoms with E-state index in [2.05, 4.69) is 42.2 Å². The first kappa shape index (κ1) is 12.5. The zero-order valence-corrected chi connectivity index (χ0v) is 11.8. The number of aromatic nitrogens is 2. The third kappa shape index (κ3) is 1.99. The van der Waals surface area contributed by atoms with Crippen molar-refractivity contribution in [3.63, 3.8) is 0 Å². The lowest BCUT2D eigenvalue weighted by Gasteiger charge is -2.06. The van der Waals surface area contributed by atoms with E-state index in [0.717, 1.165) is 28.3 Å². The molecular weight excluding hydrogens is 250 g/mol. The molecule has 0 atom stereocenters. The molecular formula is C16H17N3O. The minimum atomic E-state index is 0.484. The molecule has 0 bridgehead atoms. The van der Waals surface area contributed by atoms with Gasteiger partial charge in [-0.3, -0.25) is 5.10 Å². The minimum Gasteiger partial charge on any atom is -0.460 e.